The molecule has 0 bridgehead atoms. The molecule has 1 amide bonds. The van der Waals surface area contributed by atoms with E-state index >= 15 is 0 Å². The molecular formula is C18H19N3O3. The standard InChI is InChI=1S/C18H19N3O3/c1-21-16(22)18(20-17(21)19,12-4-8-14(23-2)9-5-12)13-6-10-15(24-3)11-7-13/h4-11H,1-3H3,(H2,19,20). The summed E-state index contributed by atoms with van der Waals surface area (Å²) in [7, 11) is 4.81. The number of amides is 1. The molecule has 1 heterocycles. The SMILES string of the molecule is COc1ccc(C2(c3ccc(OC)cc3)N=C(N)N(C)C2=O)cc1. The second-order valence-electron chi connectivity index (χ2n) is 5.50. The Hall–Kier alpha value is -3.02. The number of guanidine groups is 1. The minimum atomic E-state index is -1.20. The third-order valence-electron chi connectivity index (χ3n) is 4.26. The van der Waals surface area contributed by atoms with Crippen LogP contribution in [0.4, 0.5) is 0 Å². The summed E-state index contributed by atoms with van der Waals surface area (Å²) in [5.74, 6) is 1.40. The average molecular weight is 325 g/mol. The predicted molar refractivity (Wildman–Crippen MR) is 91.2 cm³/mol. The summed E-state index contributed by atoms with van der Waals surface area (Å²) in [5, 5.41) is 0. The van der Waals surface area contributed by atoms with Crippen molar-refractivity contribution in [1.29, 1.82) is 0 Å². The van der Waals surface area contributed by atoms with Crippen LogP contribution < -0.4 is 15.2 Å². The van der Waals surface area contributed by atoms with Gasteiger partial charge in [0.2, 0.25) is 0 Å². The molecule has 1 aliphatic heterocycles. The predicted octanol–water partition coefficient (Wildman–Crippen LogP) is 1.73. The molecule has 0 spiro atoms. The van der Waals surface area contributed by atoms with Gasteiger partial charge in [0.05, 0.1) is 14.2 Å². The Bertz CT molecular complexity index is 735. The highest BCUT2D eigenvalue weighted by atomic mass is 16.5. The van der Waals surface area contributed by atoms with E-state index in [9.17, 15) is 4.79 Å². The van der Waals surface area contributed by atoms with Crippen LogP contribution in [-0.4, -0.2) is 38.0 Å². The summed E-state index contributed by atoms with van der Waals surface area (Å²) in [6, 6.07) is 14.5. The molecule has 124 valence electrons. The Morgan fingerprint density at radius 3 is 1.62 bits per heavy atom. The fourth-order valence-corrected chi connectivity index (χ4v) is 2.85. The number of nitrogens with two attached hydrogens (primary N) is 1. The van der Waals surface area contributed by atoms with Crippen LogP contribution in [0.25, 0.3) is 0 Å². The van der Waals surface area contributed by atoms with Gasteiger partial charge in [0.1, 0.15) is 11.5 Å². The number of aliphatic imine (C=N–C) groups is 1. The Morgan fingerprint density at radius 2 is 1.33 bits per heavy atom. The van der Waals surface area contributed by atoms with Crippen LogP contribution >= 0.6 is 0 Å². The average Bonchev–Trinajstić information content (AvgIpc) is 2.87. The number of nitrogens with zero attached hydrogens (tertiary/aromatic N) is 2. The highest BCUT2D eigenvalue weighted by Gasteiger charge is 2.49. The van der Waals surface area contributed by atoms with Crippen molar-refractivity contribution in [2.24, 2.45) is 10.7 Å². The van der Waals surface area contributed by atoms with Crippen LogP contribution in [0.15, 0.2) is 53.5 Å². The maximum Gasteiger partial charge on any atom is 0.266 e. The lowest BCUT2D eigenvalue weighted by Crippen LogP contribution is -2.41. The molecule has 3 rings (SSSR count). The molecule has 0 radical (unpaired) electrons. The number of carbonyl (C=O) groups is 1. The number of carbonyl (C=O) groups excluding carboxylic acids is 1. The van der Waals surface area contributed by atoms with Gasteiger partial charge in [0.25, 0.3) is 5.91 Å². The lowest BCUT2D eigenvalue weighted by Gasteiger charge is -2.26. The molecule has 0 aliphatic carbocycles. The first kappa shape index (κ1) is 15.9. The van der Waals surface area contributed by atoms with Gasteiger partial charge in [-0.1, -0.05) is 24.3 Å². The minimum absolute atomic E-state index is 0.187. The molecule has 24 heavy (non-hydrogen) atoms. The molecule has 2 aromatic carbocycles. The Balaban J connectivity index is 2.19. The zero-order valence-corrected chi connectivity index (χ0v) is 13.8. The molecule has 1 aliphatic rings. The maximum absolute atomic E-state index is 13.0. The Labute approximate surface area is 140 Å². The van der Waals surface area contributed by atoms with Gasteiger partial charge >= 0.3 is 0 Å². The molecule has 2 aromatic rings. The van der Waals surface area contributed by atoms with E-state index in [1.54, 1.807) is 45.5 Å². The molecule has 0 aromatic heterocycles. The van der Waals surface area contributed by atoms with E-state index in [4.69, 9.17) is 15.2 Å². The summed E-state index contributed by atoms with van der Waals surface area (Å²) in [5.41, 5.74) is 6.19. The molecule has 0 saturated carbocycles. The third-order valence-corrected chi connectivity index (χ3v) is 4.26. The normalized spacial score (nSPS) is 16.0. The summed E-state index contributed by atoms with van der Waals surface area (Å²) < 4.78 is 10.4. The topological polar surface area (TPSA) is 77.2 Å². The van der Waals surface area contributed by atoms with Crippen molar-refractivity contribution in [3.63, 3.8) is 0 Å². The van der Waals surface area contributed by atoms with E-state index in [1.165, 1.54) is 4.90 Å². The number of ether oxygens (including phenoxy) is 2. The smallest absolute Gasteiger partial charge is 0.266 e. The molecular weight excluding hydrogens is 306 g/mol. The lowest BCUT2D eigenvalue weighted by molar-refractivity contribution is -0.129. The second kappa shape index (κ2) is 5.88. The molecule has 0 fully saturated rings. The first-order valence-corrected chi connectivity index (χ1v) is 7.45. The van der Waals surface area contributed by atoms with E-state index in [2.05, 4.69) is 4.99 Å². The number of rotatable bonds is 4. The van der Waals surface area contributed by atoms with Gasteiger partial charge in [-0.15, -0.1) is 0 Å². The van der Waals surface area contributed by atoms with Crippen molar-refractivity contribution in [3.05, 3.63) is 59.7 Å². The van der Waals surface area contributed by atoms with Gasteiger partial charge in [-0.25, -0.2) is 4.99 Å². The fourth-order valence-electron chi connectivity index (χ4n) is 2.85. The summed E-state index contributed by atoms with van der Waals surface area (Å²) >= 11 is 0. The summed E-state index contributed by atoms with van der Waals surface area (Å²) in [6.45, 7) is 0. The van der Waals surface area contributed by atoms with Crippen molar-refractivity contribution in [2.75, 3.05) is 21.3 Å². The molecule has 0 atom stereocenters. The number of hydrogen-bond donors (Lipinski definition) is 1. The largest absolute Gasteiger partial charge is 0.497 e. The van der Waals surface area contributed by atoms with Crippen molar-refractivity contribution in [1.82, 2.24) is 4.90 Å². The zero-order chi connectivity index (χ0) is 17.3. The number of likely N-dealkylation sites (N-methyl/N-ethyl adjacent to an activating group) is 1. The third kappa shape index (κ3) is 2.27. The molecule has 6 nitrogen and oxygen atoms in total. The minimum Gasteiger partial charge on any atom is -0.497 e. The maximum atomic E-state index is 13.0. The monoisotopic (exact) mass is 325 g/mol. The number of benzene rings is 2. The van der Waals surface area contributed by atoms with Gasteiger partial charge in [-0.05, 0) is 35.4 Å². The van der Waals surface area contributed by atoms with Crippen LogP contribution in [-0.2, 0) is 10.3 Å². The van der Waals surface area contributed by atoms with E-state index in [0.717, 1.165) is 11.1 Å². The second-order valence-corrected chi connectivity index (χ2v) is 5.50. The van der Waals surface area contributed by atoms with Gasteiger partial charge < -0.3 is 15.2 Å². The summed E-state index contributed by atoms with van der Waals surface area (Å²) in [6.07, 6.45) is 0. The van der Waals surface area contributed by atoms with E-state index in [1.807, 2.05) is 24.3 Å². The van der Waals surface area contributed by atoms with Gasteiger partial charge in [-0.3, -0.25) is 9.69 Å². The van der Waals surface area contributed by atoms with Crippen molar-refractivity contribution in [3.8, 4) is 11.5 Å². The molecule has 0 saturated heterocycles. The van der Waals surface area contributed by atoms with Crippen LogP contribution in [0.3, 0.4) is 0 Å². The van der Waals surface area contributed by atoms with Crippen molar-refractivity contribution < 1.29 is 14.3 Å². The van der Waals surface area contributed by atoms with Crippen LogP contribution in [0.5, 0.6) is 11.5 Å². The van der Waals surface area contributed by atoms with Crippen LogP contribution in [0.2, 0.25) is 0 Å². The molecule has 0 unspecified atom stereocenters. The Morgan fingerprint density at radius 1 is 0.917 bits per heavy atom. The van der Waals surface area contributed by atoms with Gasteiger partial charge in [0.15, 0.2) is 11.5 Å². The van der Waals surface area contributed by atoms with Crippen molar-refractivity contribution >= 4 is 11.9 Å². The first-order chi connectivity index (χ1) is 11.5. The molecule has 2 N–H and O–H groups in total. The highest BCUT2D eigenvalue weighted by Crippen LogP contribution is 2.40. The van der Waals surface area contributed by atoms with E-state index in [0.29, 0.717) is 11.5 Å². The quantitative estimate of drug-likeness (QED) is 0.929. The number of hydrogen-bond acceptors (Lipinski definition) is 5. The van der Waals surface area contributed by atoms with E-state index < -0.39 is 5.54 Å². The zero-order valence-electron chi connectivity index (χ0n) is 13.8. The number of methoxy groups -OCH3 is 2. The molecule has 6 heteroatoms. The first-order valence-electron chi connectivity index (χ1n) is 7.45. The van der Waals surface area contributed by atoms with E-state index in [-0.39, 0.29) is 11.9 Å². The fraction of sp³-hybridized carbons (Fsp3) is 0.222. The van der Waals surface area contributed by atoms with Crippen LogP contribution in [0.1, 0.15) is 11.1 Å². The van der Waals surface area contributed by atoms with Crippen LogP contribution in [0, 0.1) is 0 Å². The highest BCUT2D eigenvalue weighted by molar-refractivity contribution is 6.08. The van der Waals surface area contributed by atoms with Gasteiger partial charge in [0, 0.05) is 7.05 Å². The summed E-state index contributed by atoms with van der Waals surface area (Å²) in [4.78, 5) is 18.9. The van der Waals surface area contributed by atoms with Gasteiger partial charge in [-0.2, -0.15) is 0 Å². The Kier molecular flexibility index (Phi) is 3.89. The lowest BCUT2D eigenvalue weighted by atomic mass is 9.83. The van der Waals surface area contributed by atoms with Crippen molar-refractivity contribution in [2.45, 2.75) is 5.54 Å².